The molecule has 0 aromatic heterocycles. The van der Waals surface area contributed by atoms with E-state index < -0.39 is 0 Å². The molecule has 0 N–H and O–H groups in total. The fraction of sp³-hybridized carbons (Fsp3) is 0.545. The normalized spacial score (nSPS) is 18.6. The van der Waals surface area contributed by atoms with E-state index in [4.69, 9.17) is 4.74 Å². The molecule has 0 bridgehead atoms. The molecule has 13 heavy (non-hydrogen) atoms. The van der Waals surface area contributed by atoms with Crippen LogP contribution >= 0.6 is 0 Å². The maximum Gasteiger partial charge on any atom is 0.115 e. The third kappa shape index (κ3) is 4.13. The first-order chi connectivity index (χ1) is 6.18. The van der Waals surface area contributed by atoms with Gasteiger partial charge in [-0.25, -0.2) is 0 Å². The smallest absolute Gasteiger partial charge is 0.115 e. The van der Waals surface area contributed by atoms with Crippen molar-refractivity contribution >= 4 is 0 Å². The monoisotopic (exact) mass is 180 g/mol. The first-order valence-corrected chi connectivity index (χ1v) is 4.70. The van der Waals surface area contributed by atoms with Gasteiger partial charge in [-0.2, -0.15) is 0 Å². The first-order valence-electron chi connectivity index (χ1n) is 4.70. The van der Waals surface area contributed by atoms with Crippen LogP contribution in [-0.2, 0) is 4.74 Å². The van der Waals surface area contributed by atoms with Gasteiger partial charge in [0.05, 0.1) is 0 Å². The SMILES string of the molecule is CC(CN(C)C)OC1=CC[CH]C=C1. The lowest BCUT2D eigenvalue weighted by Crippen LogP contribution is -2.25. The lowest BCUT2D eigenvalue weighted by atomic mass is 10.2. The van der Waals surface area contributed by atoms with Crippen LogP contribution in [0.2, 0.25) is 0 Å². The van der Waals surface area contributed by atoms with E-state index in [1.54, 1.807) is 0 Å². The predicted molar refractivity (Wildman–Crippen MR) is 55.2 cm³/mol. The van der Waals surface area contributed by atoms with E-state index in [9.17, 15) is 0 Å². The minimum Gasteiger partial charge on any atom is -0.490 e. The van der Waals surface area contributed by atoms with Gasteiger partial charge in [0.15, 0.2) is 0 Å². The molecule has 1 aliphatic rings. The zero-order chi connectivity index (χ0) is 9.68. The highest BCUT2D eigenvalue weighted by molar-refractivity contribution is 5.21. The van der Waals surface area contributed by atoms with E-state index in [-0.39, 0.29) is 6.10 Å². The van der Waals surface area contributed by atoms with Gasteiger partial charge in [-0.1, -0.05) is 6.08 Å². The molecule has 73 valence electrons. The van der Waals surface area contributed by atoms with Crippen molar-refractivity contribution in [2.75, 3.05) is 20.6 Å². The Balaban J connectivity index is 2.31. The summed E-state index contributed by atoms with van der Waals surface area (Å²) in [7, 11) is 4.11. The van der Waals surface area contributed by atoms with Gasteiger partial charge in [-0.05, 0) is 46.0 Å². The summed E-state index contributed by atoms with van der Waals surface area (Å²) in [6.07, 6.45) is 9.51. The molecule has 1 atom stereocenters. The first kappa shape index (κ1) is 10.3. The molecule has 0 saturated heterocycles. The summed E-state index contributed by atoms with van der Waals surface area (Å²) in [5.41, 5.74) is 0. The third-order valence-corrected chi connectivity index (χ3v) is 1.81. The molecule has 0 aliphatic heterocycles. The molecule has 0 heterocycles. The van der Waals surface area contributed by atoms with Crippen LogP contribution in [0.25, 0.3) is 0 Å². The summed E-state index contributed by atoms with van der Waals surface area (Å²) in [4.78, 5) is 2.13. The molecule has 2 heteroatoms. The van der Waals surface area contributed by atoms with Gasteiger partial charge in [0.1, 0.15) is 11.9 Å². The predicted octanol–water partition coefficient (Wildman–Crippen LogP) is 2.00. The van der Waals surface area contributed by atoms with Gasteiger partial charge in [0.25, 0.3) is 0 Å². The Bertz CT molecular complexity index is 206. The number of nitrogens with zero attached hydrogens (tertiary/aromatic N) is 1. The van der Waals surface area contributed by atoms with Crippen LogP contribution in [-0.4, -0.2) is 31.6 Å². The molecule has 0 amide bonds. The standard InChI is InChI=1S/C11H18NO/c1-10(9-12(2)3)13-11-7-5-4-6-8-11/h4-5,7-8,10H,6,9H2,1-3H3. The molecule has 0 aromatic carbocycles. The van der Waals surface area contributed by atoms with Gasteiger partial charge >= 0.3 is 0 Å². The highest BCUT2D eigenvalue weighted by Gasteiger charge is 2.06. The van der Waals surface area contributed by atoms with E-state index in [0.29, 0.717) is 0 Å². The molecule has 2 nitrogen and oxygen atoms in total. The van der Waals surface area contributed by atoms with Crippen molar-refractivity contribution in [3.8, 4) is 0 Å². The van der Waals surface area contributed by atoms with E-state index in [1.807, 2.05) is 12.2 Å². The zero-order valence-corrected chi connectivity index (χ0v) is 8.66. The van der Waals surface area contributed by atoms with Crippen LogP contribution < -0.4 is 0 Å². The van der Waals surface area contributed by atoms with Crippen LogP contribution in [0.4, 0.5) is 0 Å². The summed E-state index contributed by atoms with van der Waals surface area (Å²) >= 11 is 0. The van der Waals surface area contributed by atoms with Crippen molar-refractivity contribution in [3.63, 3.8) is 0 Å². The van der Waals surface area contributed by atoms with Crippen LogP contribution in [0.1, 0.15) is 13.3 Å². The van der Waals surface area contributed by atoms with E-state index in [2.05, 4.69) is 38.4 Å². The second-order valence-corrected chi connectivity index (χ2v) is 3.63. The van der Waals surface area contributed by atoms with Gasteiger partial charge in [0, 0.05) is 6.54 Å². The lowest BCUT2D eigenvalue weighted by molar-refractivity contribution is 0.111. The molecule has 0 saturated carbocycles. The average molecular weight is 180 g/mol. The van der Waals surface area contributed by atoms with Gasteiger partial charge in [-0.15, -0.1) is 0 Å². The van der Waals surface area contributed by atoms with E-state index in [0.717, 1.165) is 18.7 Å². The van der Waals surface area contributed by atoms with Crippen LogP contribution in [0.15, 0.2) is 24.0 Å². The van der Waals surface area contributed by atoms with E-state index in [1.165, 1.54) is 0 Å². The average Bonchev–Trinajstić information content (AvgIpc) is 2.04. The minimum atomic E-state index is 0.254. The third-order valence-electron chi connectivity index (χ3n) is 1.81. The highest BCUT2D eigenvalue weighted by Crippen LogP contribution is 2.12. The number of ether oxygens (including phenoxy) is 1. The van der Waals surface area contributed by atoms with Gasteiger partial charge in [0.2, 0.25) is 0 Å². The highest BCUT2D eigenvalue weighted by atomic mass is 16.5. The molecule has 0 aromatic rings. The summed E-state index contributed by atoms with van der Waals surface area (Å²) in [5.74, 6) is 0.997. The molecule has 1 rings (SSSR count). The Labute approximate surface area is 80.9 Å². The summed E-state index contributed by atoms with van der Waals surface area (Å²) in [6, 6.07) is 0. The Morgan fingerprint density at radius 1 is 1.54 bits per heavy atom. The molecule has 1 unspecified atom stereocenters. The zero-order valence-electron chi connectivity index (χ0n) is 8.66. The van der Waals surface area contributed by atoms with Crippen molar-refractivity contribution < 1.29 is 4.74 Å². The maximum atomic E-state index is 5.71. The lowest BCUT2D eigenvalue weighted by Gasteiger charge is -2.20. The Morgan fingerprint density at radius 3 is 2.85 bits per heavy atom. The minimum absolute atomic E-state index is 0.254. The van der Waals surface area contributed by atoms with Crippen molar-refractivity contribution in [2.45, 2.75) is 19.4 Å². The fourth-order valence-corrected chi connectivity index (χ4v) is 1.36. The largest absolute Gasteiger partial charge is 0.490 e. The number of allylic oxidation sites excluding steroid dienone is 3. The molecule has 1 aliphatic carbocycles. The van der Waals surface area contributed by atoms with Gasteiger partial charge in [-0.3, -0.25) is 0 Å². The second-order valence-electron chi connectivity index (χ2n) is 3.63. The molecular weight excluding hydrogens is 162 g/mol. The van der Waals surface area contributed by atoms with Crippen LogP contribution in [0.3, 0.4) is 0 Å². The van der Waals surface area contributed by atoms with Crippen molar-refractivity contribution in [1.29, 1.82) is 0 Å². The van der Waals surface area contributed by atoms with Gasteiger partial charge < -0.3 is 9.64 Å². The van der Waals surface area contributed by atoms with Crippen molar-refractivity contribution in [1.82, 2.24) is 4.90 Å². The van der Waals surface area contributed by atoms with Crippen molar-refractivity contribution in [2.24, 2.45) is 0 Å². The quantitative estimate of drug-likeness (QED) is 0.656. The number of rotatable bonds is 4. The Hall–Kier alpha value is -0.760. The Kier molecular flexibility index (Phi) is 4.03. The summed E-state index contributed by atoms with van der Waals surface area (Å²) in [6.45, 7) is 3.04. The summed E-state index contributed by atoms with van der Waals surface area (Å²) in [5, 5.41) is 0. The van der Waals surface area contributed by atoms with Crippen LogP contribution in [0, 0.1) is 6.42 Å². The molecule has 1 radical (unpaired) electrons. The maximum absolute atomic E-state index is 5.71. The van der Waals surface area contributed by atoms with Crippen molar-refractivity contribution in [3.05, 3.63) is 30.4 Å². The number of hydrogen-bond acceptors (Lipinski definition) is 2. The molecule has 0 spiro atoms. The van der Waals surface area contributed by atoms with E-state index >= 15 is 0 Å². The molecular formula is C11H18NO. The molecule has 0 fully saturated rings. The summed E-state index contributed by atoms with van der Waals surface area (Å²) < 4.78 is 5.71. The number of likely N-dealkylation sites (N-methyl/N-ethyl adjacent to an activating group) is 1. The Morgan fingerprint density at radius 2 is 2.31 bits per heavy atom. The second kappa shape index (κ2) is 5.07. The number of hydrogen-bond donors (Lipinski definition) is 0. The van der Waals surface area contributed by atoms with Crippen LogP contribution in [0.5, 0.6) is 0 Å². The fourth-order valence-electron chi connectivity index (χ4n) is 1.36. The topological polar surface area (TPSA) is 12.5 Å².